The monoisotopic (exact) mass is 424 g/mol. The van der Waals surface area contributed by atoms with Crippen molar-refractivity contribution in [1.29, 1.82) is 0 Å². The van der Waals surface area contributed by atoms with Gasteiger partial charge in [-0.15, -0.1) is 0 Å². The summed E-state index contributed by atoms with van der Waals surface area (Å²) in [4.78, 5) is 45.5. The molecule has 152 valence electrons. The van der Waals surface area contributed by atoms with Crippen LogP contribution in [0.4, 0.5) is 0 Å². The van der Waals surface area contributed by atoms with Crippen LogP contribution in [0.3, 0.4) is 0 Å². The van der Waals surface area contributed by atoms with Crippen LogP contribution >= 0.6 is 11.6 Å². The molecule has 30 heavy (non-hydrogen) atoms. The third-order valence-corrected chi connectivity index (χ3v) is 4.91. The molecule has 0 fully saturated rings. The summed E-state index contributed by atoms with van der Waals surface area (Å²) in [5, 5.41) is 0.416. The zero-order valence-electron chi connectivity index (χ0n) is 16.3. The summed E-state index contributed by atoms with van der Waals surface area (Å²) in [5.74, 6) is -0.580. The van der Waals surface area contributed by atoms with Crippen molar-refractivity contribution in [1.82, 2.24) is 18.9 Å². The van der Waals surface area contributed by atoms with Crippen LogP contribution in [0.2, 0.25) is 5.02 Å². The van der Waals surface area contributed by atoms with Crippen LogP contribution in [0.1, 0.15) is 28.7 Å². The number of carbonyl (C=O) groups is 1. The van der Waals surface area contributed by atoms with E-state index in [0.29, 0.717) is 45.2 Å². The van der Waals surface area contributed by atoms with Gasteiger partial charge in [0.25, 0.3) is 11.1 Å². The van der Waals surface area contributed by atoms with E-state index >= 15 is 0 Å². The Bertz CT molecular complexity index is 1420. The van der Waals surface area contributed by atoms with E-state index in [9.17, 15) is 14.4 Å². The van der Waals surface area contributed by atoms with Gasteiger partial charge < -0.3 is 9.30 Å². The summed E-state index contributed by atoms with van der Waals surface area (Å²) < 4.78 is 8.25. The maximum absolute atomic E-state index is 12.5. The molecule has 0 saturated carbocycles. The second-order valence-corrected chi connectivity index (χ2v) is 7.12. The molecule has 9 heteroatoms. The standard InChI is InChI=1S/C21H17ClN4O4/c1-3-25-17-6-4-13(8-16(17)23-12(2)20(25)28)21(29)30-11-15-9-19(27)26-10-14(22)5-7-18(26)24-15/h4-10H,3,11H2,1-2H3. The normalized spacial score (nSPS) is 11.2. The maximum atomic E-state index is 12.5. The summed E-state index contributed by atoms with van der Waals surface area (Å²) in [5.41, 5.74) is 2.07. The second-order valence-electron chi connectivity index (χ2n) is 6.69. The molecule has 0 bridgehead atoms. The number of benzene rings is 1. The van der Waals surface area contributed by atoms with Gasteiger partial charge in [0, 0.05) is 18.8 Å². The lowest BCUT2D eigenvalue weighted by molar-refractivity contribution is 0.0468. The SMILES string of the molecule is CCn1c(=O)c(C)nc2cc(C(=O)OCc3cc(=O)n4cc(Cl)ccc4n3)ccc21. The van der Waals surface area contributed by atoms with Crippen molar-refractivity contribution in [3.63, 3.8) is 0 Å². The quantitative estimate of drug-likeness (QED) is 0.467. The first-order valence-electron chi connectivity index (χ1n) is 9.23. The minimum atomic E-state index is -0.580. The fourth-order valence-electron chi connectivity index (χ4n) is 3.24. The molecular weight excluding hydrogens is 408 g/mol. The highest BCUT2D eigenvalue weighted by Gasteiger charge is 2.13. The molecule has 3 heterocycles. The number of aryl methyl sites for hydroxylation is 2. The number of carbonyl (C=O) groups excluding carboxylic acids is 1. The molecule has 0 saturated heterocycles. The summed E-state index contributed by atoms with van der Waals surface area (Å²) in [6.07, 6.45) is 1.47. The lowest BCUT2D eigenvalue weighted by Crippen LogP contribution is -2.23. The predicted octanol–water partition coefficient (Wildman–Crippen LogP) is 2.74. The molecule has 4 rings (SSSR count). The number of halogens is 1. The van der Waals surface area contributed by atoms with Gasteiger partial charge in [0.05, 0.1) is 27.3 Å². The molecule has 8 nitrogen and oxygen atoms in total. The molecule has 0 atom stereocenters. The van der Waals surface area contributed by atoms with Gasteiger partial charge in [-0.1, -0.05) is 11.6 Å². The molecule has 0 unspecified atom stereocenters. The Kier molecular flexibility index (Phi) is 5.09. The predicted molar refractivity (Wildman–Crippen MR) is 112 cm³/mol. The Morgan fingerprint density at radius 1 is 1.13 bits per heavy atom. The Labute approximate surface area is 175 Å². The van der Waals surface area contributed by atoms with Crippen molar-refractivity contribution in [2.24, 2.45) is 0 Å². The maximum Gasteiger partial charge on any atom is 0.338 e. The van der Waals surface area contributed by atoms with E-state index in [1.165, 1.54) is 16.7 Å². The smallest absolute Gasteiger partial charge is 0.338 e. The first-order chi connectivity index (χ1) is 14.4. The molecule has 0 aliphatic rings. The van der Waals surface area contributed by atoms with E-state index in [4.69, 9.17) is 16.3 Å². The number of esters is 1. The summed E-state index contributed by atoms with van der Waals surface area (Å²) in [6, 6.07) is 9.37. The van der Waals surface area contributed by atoms with Gasteiger partial charge in [0.2, 0.25) is 0 Å². The van der Waals surface area contributed by atoms with Crippen molar-refractivity contribution in [3.8, 4) is 0 Å². The topological polar surface area (TPSA) is 95.6 Å². The zero-order valence-corrected chi connectivity index (χ0v) is 17.0. The van der Waals surface area contributed by atoms with Gasteiger partial charge in [0.15, 0.2) is 0 Å². The lowest BCUT2D eigenvalue weighted by atomic mass is 10.2. The molecule has 0 aliphatic heterocycles. The highest BCUT2D eigenvalue weighted by molar-refractivity contribution is 6.30. The molecule has 0 radical (unpaired) electrons. The number of ether oxygens (including phenoxy) is 1. The van der Waals surface area contributed by atoms with Crippen LogP contribution in [0.5, 0.6) is 0 Å². The number of pyridine rings is 1. The van der Waals surface area contributed by atoms with E-state index in [2.05, 4.69) is 9.97 Å². The fourth-order valence-corrected chi connectivity index (χ4v) is 3.40. The first kappa shape index (κ1) is 19.8. The van der Waals surface area contributed by atoms with Gasteiger partial charge in [-0.25, -0.2) is 14.8 Å². The second kappa shape index (κ2) is 7.72. The van der Waals surface area contributed by atoms with Gasteiger partial charge in [-0.2, -0.15) is 0 Å². The average Bonchev–Trinajstić information content (AvgIpc) is 2.73. The molecule has 0 spiro atoms. The first-order valence-corrected chi connectivity index (χ1v) is 9.61. The minimum Gasteiger partial charge on any atom is -0.456 e. The largest absolute Gasteiger partial charge is 0.456 e. The van der Waals surface area contributed by atoms with E-state index in [1.807, 2.05) is 6.92 Å². The van der Waals surface area contributed by atoms with Crippen molar-refractivity contribution in [3.05, 3.63) is 85.3 Å². The Morgan fingerprint density at radius 2 is 1.93 bits per heavy atom. The number of hydrogen-bond donors (Lipinski definition) is 0. The molecule has 1 aromatic carbocycles. The van der Waals surface area contributed by atoms with Crippen LogP contribution in [0.15, 0.2) is 52.2 Å². The minimum absolute atomic E-state index is 0.157. The molecule has 0 aliphatic carbocycles. The molecule has 4 aromatic rings. The number of hydrogen-bond acceptors (Lipinski definition) is 6. The van der Waals surface area contributed by atoms with Gasteiger partial charge in [-0.05, 0) is 44.2 Å². The fraction of sp³-hybridized carbons (Fsp3) is 0.190. The Morgan fingerprint density at radius 3 is 2.70 bits per heavy atom. The van der Waals surface area contributed by atoms with Crippen molar-refractivity contribution in [2.75, 3.05) is 0 Å². The summed E-state index contributed by atoms with van der Waals surface area (Å²) in [7, 11) is 0. The van der Waals surface area contributed by atoms with E-state index in [0.717, 1.165) is 0 Å². The van der Waals surface area contributed by atoms with Crippen LogP contribution in [-0.4, -0.2) is 24.9 Å². The highest BCUT2D eigenvalue weighted by atomic mass is 35.5. The average molecular weight is 425 g/mol. The third kappa shape index (κ3) is 3.57. The van der Waals surface area contributed by atoms with Crippen molar-refractivity contribution < 1.29 is 9.53 Å². The molecular formula is C21H17ClN4O4. The van der Waals surface area contributed by atoms with E-state index in [1.54, 1.807) is 41.8 Å². The number of rotatable bonds is 4. The zero-order chi connectivity index (χ0) is 21.4. The Hall–Kier alpha value is -3.52. The number of nitrogens with zero attached hydrogens (tertiary/aromatic N) is 4. The van der Waals surface area contributed by atoms with Crippen LogP contribution in [-0.2, 0) is 17.9 Å². The summed E-state index contributed by atoms with van der Waals surface area (Å²) >= 11 is 5.90. The highest BCUT2D eigenvalue weighted by Crippen LogP contribution is 2.15. The molecule has 3 aromatic heterocycles. The van der Waals surface area contributed by atoms with Gasteiger partial charge in [-0.3, -0.25) is 14.0 Å². The van der Waals surface area contributed by atoms with Gasteiger partial charge in [0.1, 0.15) is 17.9 Å². The lowest BCUT2D eigenvalue weighted by Gasteiger charge is -2.10. The van der Waals surface area contributed by atoms with Crippen LogP contribution in [0.25, 0.3) is 16.7 Å². The molecule has 0 amide bonds. The number of aromatic nitrogens is 4. The third-order valence-electron chi connectivity index (χ3n) is 4.69. The van der Waals surface area contributed by atoms with Gasteiger partial charge >= 0.3 is 5.97 Å². The van der Waals surface area contributed by atoms with Crippen LogP contribution < -0.4 is 11.1 Å². The Balaban J connectivity index is 1.60. The van der Waals surface area contributed by atoms with Crippen LogP contribution in [0, 0.1) is 6.92 Å². The number of fused-ring (bicyclic) bond motifs is 2. The summed E-state index contributed by atoms with van der Waals surface area (Å²) in [6.45, 7) is 3.84. The van der Waals surface area contributed by atoms with Crippen molar-refractivity contribution in [2.45, 2.75) is 27.0 Å². The van der Waals surface area contributed by atoms with Crippen molar-refractivity contribution >= 4 is 34.3 Å². The molecule has 0 N–H and O–H groups in total. The van der Waals surface area contributed by atoms with E-state index in [-0.39, 0.29) is 17.7 Å². The van der Waals surface area contributed by atoms with E-state index < -0.39 is 5.97 Å².